The summed E-state index contributed by atoms with van der Waals surface area (Å²) in [6.07, 6.45) is 0.734. The van der Waals surface area contributed by atoms with Crippen molar-refractivity contribution in [2.24, 2.45) is 0 Å². The van der Waals surface area contributed by atoms with Crippen molar-refractivity contribution in [3.8, 4) is 5.75 Å². The molecule has 0 saturated carbocycles. The first kappa shape index (κ1) is 14.0. The van der Waals surface area contributed by atoms with Crippen LogP contribution in [0, 0.1) is 6.92 Å². The molecule has 0 atom stereocenters. The highest BCUT2D eigenvalue weighted by Crippen LogP contribution is 2.25. The van der Waals surface area contributed by atoms with Crippen LogP contribution in [-0.2, 0) is 13.0 Å². The van der Waals surface area contributed by atoms with Crippen molar-refractivity contribution in [1.82, 2.24) is 15.5 Å². The van der Waals surface area contributed by atoms with E-state index < -0.39 is 0 Å². The minimum absolute atomic E-state index is 0.668. The summed E-state index contributed by atoms with van der Waals surface area (Å²) in [6, 6.07) is 6.03. The van der Waals surface area contributed by atoms with Crippen LogP contribution >= 0.6 is 15.9 Å². The highest BCUT2D eigenvalue weighted by Gasteiger charge is 2.03. The Hall–Kier alpha value is -1.40. The van der Waals surface area contributed by atoms with E-state index in [-0.39, 0.29) is 0 Å². The van der Waals surface area contributed by atoms with Gasteiger partial charge in [-0.05, 0) is 40.5 Å². The Bertz CT molecular complexity index is 542. The van der Waals surface area contributed by atoms with Gasteiger partial charge in [0.2, 0.25) is 5.89 Å². The summed E-state index contributed by atoms with van der Waals surface area (Å²) < 4.78 is 11.2. The molecular formula is C13H16BrN3O2. The number of hydrogen-bond donors (Lipinski definition) is 1. The molecule has 6 heteroatoms. The van der Waals surface area contributed by atoms with Crippen LogP contribution in [0.15, 0.2) is 27.2 Å². The van der Waals surface area contributed by atoms with E-state index in [0.717, 1.165) is 29.7 Å². The Morgan fingerprint density at radius 2 is 2.26 bits per heavy atom. The zero-order valence-corrected chi connectivity index (χ0v) is 12.5. The number of halogens is 1. The number of aryl methyl sites for hydroxylation is 1. The summed E-state index contributed by atoms with van der Waals surface area (Å²) in [5, 5.41) is 7.08. The second kappa shape index (κ2) is 6.68. The number of benzene rings is 1. The molecule has 0 unspecified atom stereocenters. The minimum Gasteiger partial charge on any atom is -0.496 e. The molecule has 0 radical (unpaired) electrons. The van der Waals surface area contributed by atoms with E-state index in [2.05, 4.69) is 31.4 Å². The first-order valence-electron chi connectivity index (χ1n) is 6.01. The van der Waals surface area contributed by atoms with E-state index in [4.69, 9.17) is 9.26 Å². The lowest BCUT2D eigenvalue weighted by atomic mass is 10.2. The molecule has 0 aliphatic heterocycles. The number of hydrogen-bond acceptors (Lipinski definition) is 5. The summed E-state index contributed by atoms with van der Waals surface area (Å²) in [5.41, 5.74) is 1.19. The van der Waals surface area contributed by atoms with Crippen LogP contribution in [0.1, 0.15) is 17.3 Å². The van der Waals surface area contributed by atoms with Crippen molar-refractivity contribution < 1.29 is 9.26 Å². The first-order chi connectivity index (χ1) is 9.19. The van der Waals surface area contributed by atoms with Gasteiger partial charge < -0.3 is 14.6 Å². The average Bonchev–Trinajstić information content (AvgIpc) is 2.81. The summed E-state index contributed by atoms with van der Waals surface area (Å²) in [4.78, 5) is 4.15. The number of aromatic nitrogens is 2. The molecule has 5 nitrogen and oxygen atoms in total. The summed E-state index contributed by atoms with van der Waals surface area (Å²) in [5.74, 6) is 2.18. The normalized spacial score (nSPS) is 10.7. The lowest BCUT2D eigenvalue weighted by Crippen LogP contribution is -2.16. The second-order valence-electron chi connectivity index (χ2n) is 4.13. The molecule has 0 bridgehead atoms. The van der Waals surface area contributed by atoms with Crippen molar-refractivity contribution in [1.29, 1.82) is 0 Å². The molecule has 2 rings (SSSR count). The van der Waals surface area contributed by atoms with E-state index in [1.54, 1.807) is 7.11 Å². The van der Waals surface area contributed by atoms with E-state index in [0.29, 0.717) is 11.7 Å². The molecule has 0 aliphatic carbocycles. The third-order valence-electron chi connectivity index (χ3n) is 2.63. The maximum absolute atomic E-state index is 5.19. The molecule has 0 fully saturated rings. The quantitative estimate of drug-likeness (QED) is 0.827. The zero-order chi connectivity index (χ0) is 13.7. The smallest absolute Gasteiger partial charge is 0.227 e. The predicted octanol–water partition coefficient (Wildman–Crippen LogP) is 2.48. The number of nitrogens with one attached hydrogen (secondary N) is 1. The van der Waals surface area contributed by atoms with Gasteiger partial charge in [0.1, 0.15) is 5.75 Å². The van der Waals surface area contributed by atoms with Crippen molar-refractivity contribution in [2.45, 2.75) is 19.9 Å². The van der Waals surface area contributed by atoms with Crippen LogP contribution in [-0.4, -0.2) is 23.8 Å². The van der Waals surface area contributed by atoms with Crippen molar-refractivity contribution in [2.75, 3.05) is 13.7 Å². The van der Waals surface area contributed by atoms with Gasteiger partial charge in [0, 0.05) is 19.5 Å². The zero-order valence-electron chi connectivity index (χ0n) is 10.9. The van der Waals surface area contributed by atoms with Crippen LogP contribution in [0.4, 0.5) is 0 Å². The SMILES string of the molecule is COc1ccc(CNCCc2nc(C)no2)cc1Br. The molecule has 0 amide bonds. The standard InChI is InChI=1S/C13H16BrN3O2/c1-9-16-13(19-17-9)5-6-15-8-10-3-4-12(18-2)11(14)7-10/h3-4,7,15H,5-6,8H2,1-2H3. The Kier molecular flexibility index (Phi) is 4.93. The fourth-order valence-corrected chi connectivity index (χ4v) is 2.28. The molecule has 0 saturated heterocycles. The highest BCUT2D eigenvalue weighted by molar-refractivity contribution is 9.10. The molecule has 102 valence electrons. The molecule has 19 heavy (non-hydrogen) atoms. The Balaban J connectivity index is 1.78. The van der Waals surface area contributed by atoms with Crippen LogP contribution in [0.5, 0.6) is 5.75 Å². The number of rotatable bonds is 6. The van der Waals surface area contributed by atoms with Gasteiger partial charge in [0.25, 0.3) is 0 Å². The van der Waals surface area contributed by atoms with Crippen molar-refractivity contribution in [3.05, 3.63) is 40.0 Å². The lowest BCUT2D eigenvalue weighted by molar-refractivity contribution is 0.372. The number of nitrogens with zero attached hydrogens (tertiary/aromatic N) is 2. The predicted molar refractivity (Wildman–Crippen MR) is 75.1 cm³/mol. The van der Waals surface area contributed by atoms with Crippen molar-refractivity contribution in [3.63, 3.8) is 0 Å². The lowest BCUT2D eigenvalue weighted by Gasteiger charge is -2.07. The maximum Gasteiger partial charge on any atom is 0.227 e. The van der Waals surface area contributed by atoms with Crippen molar-refractivity contribution >= 4 is 15.9 Å². The highest BCUT2D eigenvalue weighted by atomic mass is 79.9. The van der Waals surface area contributed by atoms with Crippen LogP contribution in [0.3, 0.4) is 0 Å². The molecular weight excluding hydrogens is 310 g/mol. The maximum atomic E-state index is 5.19. The van der Waals surface area contributed by atoms with E-state index in [1.807, 2.05) is 25.1 Å². The molecule has 1 aromatic heterocycles. The van der Waals surface area contributed by atoms with Gasteiger partial charge in [-0.25, -0.2) is 0 Å². The van der Waals surface area contributed by atoms with Crippen LogP contribution < -0.4 is 10.1 Å². The third-order valence-corrected chi connectivity index (χ3v) is 3.25. The largest absolute Gasteiger partial charge is 0.496 e. The summed E-state index contributed by atoms with van der Waals surface area (Å²) >= 11 is 3.47. The minimum atomic E-state index is 0.668. The topological polar surface area (TPSA) is 60.2 Å². The second-order valence-corrected chi connectivity index (χ2v) is 4.99. The summed E-state index contributed by atoms with van der Waals surface area (Å²) in [7, 11) is 1.66. The average molecular weight is 326 g/mol. The molecule has 0 spiro atoms. The van der Waals surface area contributed by atoms with Gasteiger partial charge in [0.15, 0.2) is 5.82 Å². The first-order valence-corrected chi connectivity index (χ1v) is 6.80. The van der Waals surface area contributed by atoms with E-state index in [9.17, 15) is 0 Å². The molecule has 1 aromatic carbocycles. The fourth-order valence-electron chi connectivity index (χ4n) is 1.69. The van der Waals surface area contributed by atoms with E-state index >= 15 is 0 Å². The Labute approximate surface area is 120 Å². The third kappa shape index (κ3) is 4.04. The molecule has 1 heterocycles. The monoisotopic (exact) mass is 325 g/mol. The van der Waals surface area contributed by atoms with Gasteiger partial charge in [-0.3, -0.25) is 0 Å². The molecule has 2 aromatic rings. The summed E-state index contributed by atoms with van der Waals surface area (Å²) in [6.45, 7) is 3.40. The van der Waals surface area contributed by atoms with Gasteiger partial charge >= 0.3 is 0 Å². The number of methoxy groups -OCH3 is 1. The Morgan fingerprint density at radius 3 is 2.89 bits per heavy atom. The Morgan fingerprint density at radius 1 is 1.42 bits per heavy atom. The molecule has 1 N–H and O–H groups in total. The fraction of sp³-hybridized carbons (Fsp3) is 0.385. The van der Waals surface area contributed by atoms with E-state index in [1.165, 1.54) is 5.56 Å². The number of ether oxygens (including phenoxy) is 1. The van der Waals surface area contributed by atoms with Gasteiger partial charge in [-0.2, -0.15) is 4.98 Å². The van der Waals surface area contributed by atoms with Gasteiger partial charge in [0.05, 0.1) is 11.6 Å². The van der Waals surface area contributed by atoms with Crippen LogP contribution in [0.2, 0.25) is 0 Å². The van der Waals surface area contributed by atoms with Gasteiger partial charge in [-0.15, -0.1) is 0 Å². The van der Waals surface area contributed by atoms with Crippen LogP contribution in [0.25, 0.3) is 0 Å². The molecule has 0 aliphatic rings. The van der Waals surface area contributed by atoms with Gasteiger partial charge in [-0.1, -0.05) is 11.2 Å².